The van der Waals surface area contributed by atoms with Crippen molar-refractivity contribution in [2.45, 2.75) is 47.5 Å². The fourth-order valence-electron chi connectivity index (χ4n) is 2.73. The molecule has 28 heavy (non-hydrogen) atoms. The highest BCUT2D eigenvalue weighted by molar-refractivity contribution is 5.78. The van der Waals surface area contributed by atoms with Crippen LogP contribution in [0.2, 0.25) is 0 Å². The van der Waals surface area contributed by atoms with E-state index in [2.05, 4.69) is 28.8 Å². The Kier molecular flexibility index (Phi) is 6.02. The van der Waals surface area contributed by atoms with Crippen molar-refractivity contribution in [3.05, 3.63) is 23.3 Å². The van der Waals surface area contributed by atoms with Crippen molar-refractivity contribution in [3.8, 4) is 29.1 Å². The first-order valence-electron chi connectivity index (χ1n) is 9.61. The maximum absolute atomic E-state index is 12.0. The second-order valence-electron chi connectivity index (χ2n) is 7.30. The van der Waals surface area contributed by atoms with Gasteiger partial charge >= 0.3 is 6.01 Å². The molecule has 0 aliphatic carbocycles. The molecule has 149 valence electrons. The number of oxazole rings is 1. The number of hydrogen-bond donors (Lipinski definition) is 0. The molecule has 0 saturated carbocycles. The van der Waals surface area contributed by atoms with Crippen LogP contribution in [0.25, 0.3) is 22.7 Å². The van der Waals surface area contributed by atoms with Crippen LogP contribution in [0.3, 0.4) is 0 Å². The first-order valence-corrected chi connectivity index (χ1v) is 9.61. The molecule has 2 heterocycles. The molecule has 3 aromatic rings. The molecule has 2 aromatic heterocycles. The first-order chi connectivity index (χ1) is 13.4. The largest absolute Gasteiger partial charge is 0.476 e. The fraction of sp³-hybridized carbons (Fsp3) is 0.476. The summed E-state index contributed by atoms with van der Waals surface area (Å²) in [5.74, 6) is 1.26. The Balaban J connectivity index is 2.00. The van der Waals surface area contributed by atoms with Crippen LogP contribution in [0.4, 0.5) is 0 Å². The summed E-state index contributed by atoms with van der Waals surface area (Å²) < 4.78 is 17.3. The first kappa shape index (κ1) is 19.9. The van der Waals surface area contributed by atoms with Crippen LogP contribution in [0.15, 0.2) is 16.5 Å². The second kappa shape index (κ2) is 8.46. The van der Waals surface area contributed by atoms with E-state index in [1.807, 2.05) is 6.92 Å². The van der Waals surface area contributed by atoms with Crippen LogP contribution < -0.4 is 9.47 Å². The lowest BCUT2D eigenvalue weighted by molar-refractivity contribution is 0.257. The second-order valence-corrected chi connectivity index (χ2v) is 7.30. The highest BCUT2D eigenvalue weighted by atomic mass is 16.5. The Labute approximate surface area is 164 Å². The summed E-state index contributed by atoms with van der Waals surface area (Å²) in [6.07, 6.45) is 1.73. The van der Waals surface area contributed by atoms with Crippen LogP contribution in [-0.4, -0.2) is 28.2 Å². The molecule has 7 heteroatoms. The van der Waals surface area contributed by atoms with Gasteiger partial charge in [-0.1, -0.05) is 20.8 Å². The SMILES string of the molecule is CCCOc1nc(OCCC(C)C)nc2oc(-c3cc(C)c([O])c(C)c3)nc12. The minimum atomic E-state index is 0.0208. The predicted molar refractivity (Wildman–Crippen MR) is 105 cm³/mol. The molecule has 0 fully saturated rings. The molecular weight excluding hydrogens is 358 g/mol. The van der Waals surface area contributed by atoms with E-state index in [9.17, 15) is 5.11 Å². The normalized spacial score (nSPS) is 11.4. The van der Waals surface area contributed by atoms with E-state index in [0.29, 0.717) is 53.3 Å². The van der Waals surface area contributed by atoms with Gasteiger partial charge in [0.1, 0.15) is 0 Å². The van der Waals surface area contributed by atoms with Gasteiger partial charge < -0.3 is 13.9 Å². The smallest absolute Gasteiger partial charge is 0.323 e. The summed E-state index contributed by atoms with van der Waals surface area (Å²) in [5.41, 5.74) is 2.75. The van der Waals surface area contributed by atoms with Crippen LogP contribution in [0.5, 0.6) is 17.6 Å². The van der Waals surface area contributed by atoms with Gasteiger partial charge in [-0.05, 0) is 55.9 Å². The standard InChI is InChI=1S/C21H26N3O4/c1-6-8-26-19-16-20(24-21(23-19)27-9-7-12(2)3)28-18(22-16)15-10-13(4)17(25)14(5)11-15/h10-12H,6-9H2,1-5H3. The molecule has 0 saturated heterocycles. The van der Waals surface area contributed by atoms with E-state index >= 15 is 0 Å². The third-order valence-electron chi connectivity index (χ3n) is 4.28. The van der Waals surface area contributed by atoms with Crippen molar-refractivity contribution in [3.63, 3.8) is 0 Å². The summed E-state index contributed by atoms with van der Waals surface area (Å²) in [5, 5.41) is 12.0. The van der Waals surface area contributed by atoms with Crippen molar-refractivity contribution in [1.29, 1.82) is 0 Å². The number of aromatic nitrogens is 3. The Hall–Kier alpha value is -2.83. The van der Waals surface area contributed by atoms with E-state index < -0.39 is 0 Å². The molecule has 0 N–H and O–H groups in total. The van der Waals surface area contributed by atoms with E-state index in [-0.39, 0.29) is 11.8 Å². The number of nitrogens with zero attached hydrogens (tertiary/aromatic N) is 3. The number of hydrogen-bond acceptors (Lipinski definition) is 6. The highest BCUT2D eigenvalue weighted by Crippen LogP contribution is 2.33. The molecule has 0 atom stereocenters. The minimum Gasteiger partial charge on any atom is -0.476 e. The zero-order valence-corrected chi connectivity index (χ0v) is 17.0. The van der Waals surface area contributed by atoms with Gasteiger partial charge in [-0.25, -0.2) is 4.98 Å². The molecule has 0 bridgehead atoms. The molecule has 1 aromatic carbocycles. The molecule has 1 radical (unpaired) electrons. The average Bonchev–Trinajstić information content (AvgIpc) is 3.07. The fourth-order valence-corrected chi connectivity index (χ4v) is 2.73. The van der Waals surface area contributed by atoms with Crippen LogP contribution in [-0.2, 0) is 5.11 Å². The third kappa shape index (κ3) is 4.35. The van der Waals surface area contributed by atoms with Gasteiger partial charge in [-0.15, -0.1) is 0 Å². The minimum absolute atomic E-state index is 0.0208. The van der Waals surface area contributed by atoms with Gasteiger partial charge in [0.05, 0.1) is 13.2 Å². The molecule has 0 aliphatic heterocycles. The van der Waals surface area contributed by atoms with Gasteiger partial charge in [0.25, 0.3) is 11.6 Å². The van der Waals surface area contributed by atoms with E-state index in [0.717, 1.165) is 18.4 Å². The summed E-state index contributed by atoms with van der Waals surface area (Å²) in [4.78, 5) is 13.2. The van der Waals surface area contributed by atoms with Gasteiger partial charge in [-0.2, -0.15) is 9.97 Å². The maximum Gasteiger partial charge on any atom is 0.323 e. The van der Waals surface area contributed by atoms with E-state index in [1.54, 1.807) is 26.0 Å². The lowest BCUT2D eigenvalue weighted by Gasteiger charge is -2.08. The average molecular weight is 384 g/mol. The van der Waals surface area contributed by atoms with Gasteiger partial charge in [0, 0.05) is 5.56 Å². The Morgan fingerprint density at radius 1 is 1.04 bits per heavy atom. The summed E-state index contributed by atoms with van der Waals surface area (Å²) in [6, 6.07) is 3.74. The van der Waals surface area contributed by atoms with Crippen molar-refractivity contribution in [1.82, 2.24) is 15.0 Å². The highest BCUT2D eigenvalue weighted by Gasteiger charge is 2.19. The number of rotatable bonds is 8. The Bertz CT molecular complexity index is 943. The van der Waals surface area contributed by atoms with Gasteiger partial charge in [0.2, 0.25) is 5.89 Å². The molecule has 7 nitrogen and oxygen atoms in total. The van der Waals surface area contributed by atoms with Crippen LogP contribution >= 0.6 is 0 Å². The third-order valence-corrected chi connectivity index (χ3v) is 4.28. The van der Waals surface area contributed by atoms with Crippen LogP contribution in [0.1, 0.15) is 44.7 Å². The zero-order valence-electron chi connectivity index (χ0n) is 17.0. The number of aryl methyl sites for hydroxylation is 2. The lowest BCUT2D eigenvalue weighted by atomic mass is 10.1. The Morgan fingerprint density at radius 3 is 2.39 bits per heavy atom. The Morgan fingerprint density at radius 2 is 1.75 bits per heavy atom. The quantitative estimate of drug-likeness (QED) is 0.526. The van der Waals surface area contributed by atoms with Crippen molar-refractivity contribution >= 4 is 11.2 Å². The maximum atomic E-state index is 12.0. The van der Waals surface area contributed by atoms with Crippen molar-refractivity contribution in [2.24, 2.45) is 5.92 Å². The van der Waals surface area contributed by atoms with Crippen molar-refractivity contribution < 1.29 is 19.0 Å². The number of ether oxygens (including phenoxy) is 2. The topological polar surface area (TPSA) is 90.2 Å². The van der Waals surface area contributed by atoms with Gasteiger partial charge in [0.15, 0.2) is 11.3 Å². The number of fused-ring (bicyclic) bond motifs is 1. The molecule has 0 aliphatic rings. The molecule has 0 spiro atoms. The van der Waals surface area contributed by atoms with Crippen LogP contribution in [0, 0.1) is 19.8 Å². The summed E-state index contributed by atoms with van der Waals surface area (Å²) in [6.45, 7) is 10.8. The monoisotopic (exact) mass is 384 g/mol. The summed E-state index contributed by atoms with van der Waals surface area (Å²) in [7, 11) is 0. The number of benzene rings is 1. The van der Waals surface area contributed by atoms with Gasteiger partial charge in [-0.3, -0.25) is 5.11 Å². The molecular formula is C21H26N3O4. The predicted octanol–water partition coefficient (Wildman–Crippen LogP) is 5.26. The van der Waals surface area contributed by atoms with E-state index in [1.165, 1.54) is 0 Å². The molecule has 0 unspecified atom stereocenters. The molecule has 0 amide bonds. The summed E-state index contributed by atoms with van der Waals surface area (Å²) >= 11 is 0. The lowest BCUT2D eigenvalue weighted by Crippen LogP contribution is -2.06. The van der Waals surface area contributed by atoms with E-state index in [4.69, 9.17) is 13.9 Å². The zero-order chi connectivity index (χ0) is 20.3. The van der Waals surface area contributed by atoms with Crippen molar-refractivity contribution in [2.75, 3.05) is 13.2 Å². The molecule has 3 rings (SSSR count).